The topological polar surface area (TPSA) is 66.8 Å². The number of carbonyl (C=O) groups excluding carboxylic acids is 1. The van der Waals surface area contributed by atoms with Gasteiger partial charge in [-0.3, -0.25) is 9.59 Å². The normalized spacial score (nSPS) is 24.4. The monoisotopic (exact) mass is 227 g/mol. The molecule has 0 aromatic carbocycles. The molecule has 2 aliphatic rings. The van der Waals surface area contributed by atoms with Crippen LogP contribution in [0.1, 0.15) is 25.7 Å². The van der Waals surface area contributed by atoms with Crippen LogP contribution in [0.2, 0.25) is 0 Å². The van der Waals surface area contributed by atoms with Gasteiger partial charge in [-0.25, -0.2) is 0 Å². The second-order valence-electron chi connectivity index (χ2n) is 4.58. The predicted octanol–water partition coefficient (Wildman–Crippen LogP) is 0.489. The van der Waals surface area contributed by atoms with E-state index in [2.05, 4.69) is 0 Å². The maximum Gasteiger partial charge on any atom is 0.312 e. The van der Waals surface area contributed by atoms with Crippen molar-refractivity contribution in [3.05, 3.63) is 0 Å². The number of hydrogen-bond donors (Lipinski definition) is 1. The Morgan fingerprint density at radius 2 is 2.06 bits per heavy atom. The lowest BCUT2D eigenvalue weighted by atomic mass is 10.1. The van der Waals surface area contributed by atoms with Crippen LogP contribution in [0.15, 0.2) is 0 Å². The Bertz CT molecular complexity index is 282. The van der Waals surface area contributed by atoms with Crippen LogP contribution >= 0.6 is 0 Å². The lowest BCUT2D eigenvalue weighted by molar-refractivity contribution is -0.144. The van der Waals surface area contributed by atoms with Crippen molar-refractivity contribution in [2.75, 3.05) is 19.8 Å². The van der Waals surface area contributed by atoms with Gasteiger partial charge in [-0.05, 0) is 19.3 Å². The van der Waals surface area contributed by atoms with Crippen molar-refractivity contribution >= 4 is 11.9 Å². The van der Waals surface area contributed by atoms with E-state index in [-0.39, 0.29) is 18.4 Å². The minimum Gasteiger partial charge on any atom is -0.481 e. The van der Waals surface area contributed by atoms with E-state index in [1.807, 2.05) is 0 Å². The van der Waals surface area contributed by atoms with Crippen LogP contribution in [-0.2, 0) is 14.3 Å². The average molecular weight is 227 g/mol. The fraction of sp³-hybridized carbons (Fsp3) is 0.818. The smallest absolute Gasteiger partial charge is 0.312 e. The predicted molar refractivity (Wildman–Crippen MR) is 55.9 cm³/mol. The summed E-state index contributed by atoms with van der Waals surface area (Å²) < 4.78 is 5.26. The number of carboxylic acids is 1. The Morgan fingerprint density at radius 1 is 1.31 bits per heavy atom. The Hall–Kier alpha value is -1.10. The van der Waals surface area contributed by atoms with Crippen molar-refractivity contribution < 1.29 is 19.4 Å². The van der Waals surface area contributed by atoms with Crippen molar-refractivity contribution in [3.8, 4) is 0 Å². The van der Waals surface area contributed by atoms with Crippen molar-refractivity contribution in [2.45, 2.75) is 31.7 Å². The van der Waals surface area contributed by atoms with Gasteiger partial charge in [0, 0.05) is 25.1 Å². The first-order valence-corrected chi connectivity index (χ1v) is 5.76. The van der Waals surface area contributed by atoms with Gasteiger partial charge in [-0.2, -0.15) is 0 Å². The molecular weight excluding hydrogens is 210 g/mol. The molecule has 2 fully saturated rings. The molecule has 0 aromatic rings. The first-order chi connectivity index (χ1) is 7.66. The minimum absolute atomic E-state index is 0.248. The van der Waals surface area contributed by atoms with E-state index in [0.29, 0.717) is 19.1 Å². The summed E-state index contributed by atoms with van der Waals surface area (Å²) in [5.74, 6) is -0.904. The highest BCUT2D eigenvalue weighted by atomic mass is 16.5. The van der Waals surface area contributed by atoms with Gasteiger partial charge in [0.25, 0.3) is 0 Å². The third-order valence-electron chi connectivity index (χ3n) is 3.09. The molecule has 90 valence electrons. The van der Waals surface area contributed by atoms with Crippen molar-refractivity contribution in [2.24, 2.45) is 5.92 Å². The SMILES string of the molecule is O=C(O)CC(=O)N(CC1CCOC1)C1CC1. The second-order valence-corrected chi connectivity index (χ2v) is 4.58. The summed E-state index contributed by atoms with van der Waals surface area (Å²) in [7, 11) is 0. The third-order valence-corrected chi connectivity index (χ3v) is 3.09. The summed E-state index contributed by atoms with van der Waals surface area (Å²) in [6.45, 7) is 2.12. The molecule has 1 saturated heterocycles. The van der Waals surface area contributed by atoms with Crippen LogP contribution in [0.4, 0.5) is 0 Å². The number of aliphatic carboxylic acids is 1. The molecule has 0 radical (unpaired) electrons. The molecule has 1 aliphatic heterocycles. The molecule has 1 heterocycles. The highest BCUT2D eigenvalue weighted by molar-refractivity contribution is 5.93. The van der Waals surface area contributed by atoms with Crippen LogP contribution in [0.25, 0.3) is 0 Å². The Kier molecular flexibility index (Phi) is 3.43. The zero-order valence-corrected chi connectivity index (χ0v) is 9.22. The van der Waals surface area contributed by atoms with E-state index in [1.165, 1.54) is 0 Å². The van der Waals surface area contributed by atoms with Gasteiger partial charge in [0.15, 0.2) is 0 Å². The van der Waals surface area contributed by atoms with E-state index in [9.17, 15) is 9.59 Å². The maximum absolute atomic E-state index is 11.7. The van der Waals surface area contributed by atoms with Crippen LogP contribution in [-0.4, -0.2) is 47.7 Å². The summed E-state index contributed by atoms with van der Waals surface area (Å²) in [5, 5.41) is 8.62. The molecule has 0 spiro atoms. The lowest BCUT2D eigenvalue weighted by Crippen LogP contribution is -2.38. The van der Waals surface area contributed by atoms with E-state index in [0.717, 1.165) is 25.9 Å². The van der Waals surface area contributed by atoms with Crippen LogP contribution < -0.4 is 0 Å². The molecule has 5 nitrogen and oxygen atoms in total. The number of hydrogen-bond acceptors (Lipinski definition) is 3. The van der Waals surface area contributed by atoms with Gasteiger partial charge in [0.05, 0.1) is 6.61 Å². The fourth-order valence-electron chi connectivity index (χ4n) is 2.08. The van der Waals surface area contributed by atoms with Crippen LogP contribution in [0.5, 0.6) is 0 Å². The summed E-state index contributed by atoms with van der Waals surface area (Å²) in [4.78, 5) is 24.0. The number of rotatable bonds is 5. The summed E-state index contributed by atoms with van der Waals surface area (Å²) in [6, 6.07) is 0.285. The maximum atomic E-state index is 11.7. The number of carbonyl (C=O) groups is 2. The first-order valence-electron chi connectivity index (χ1n) is 5.76. The standard InChI is InChI=1S/C11H17NO4/c13-10(5-11(14)15)12(9-1-2-9)6-8-3-4-16-7-8/h8-9H,1-7H2,(H,14,15). The van der Waals surface area contributed by atoms with Gasteiger partial charge >= 0.3 is 5.97 Å². The fourth-order valence-corrected chi connectivity index (χ4v) is 2.08. The highest BCUT2D eigenvalue weighted by Gasteiger charge is 2.35. The molecule has 16 heavy (non-hydrogen) atoms. The van der Waals surface area contributed by atoms with Crippen LogP contribution in [0.3, 0.4) is 0 Å². The third kappa shape index (κ3) is 2.95. The molecule has 2 rings (SSSR count). The van der Waals surface area contributed by atoms with Gasteiger partial charge in [-0.15, -0.1) is 0 Å². The molecule has 1 saturated carbocycles. The van der Waals surface area contributed by atoms with Crippen molar-refractivity contribution in [1.29, 1.82) is 0 Å². The molecule has 1 N–H and O–H groups in total. The van der Waals surface area contributed by atoms with Gasteiger partial charge < -0.3 is 14.7 Å². The van der Waals surface area contributed by atoms with E-state index in [1.54, 1.807) is 4.90 Å². The summed E-state index contributed by atoms with van der Waals surface area (Å²) >= 11 is 0. The summed E-state index contributed by atoms with van der Waals surface area (Å²) in [6.07, 6.45) is 2.62. The minimum atomic E-state index is -1.04. The van der Waals surface area contributed by atoms with Crippen molar-refractivity contribution in [1.82, 2.24) is 4.90 Å². The molecule has 1 aliphatic carbocycles. The molecule has 0 bridgehead atoms. The molecular formula is C11H17NO4. The number of carboxylic acid groups (broad SMARTS) is 1. The Balaban J connectivity index is 1.88. The Labute approximate surface area is 94.4 Å². The first kappa shape index (κ1) is 11.4. The molecule has 1 amide bonds. The zero-order valence-electron chi connectivity index (χ0n) is 9.22. The van der Waals surface area contributed by atoms with Gasteiger partial charge in [-0.1, -0.05) is 0 Å². The van der Waals surface area contributed by atoms with Gasteiger partial charge in [0.1, 0.15) is 6.42 Å². The van der Waals surface area contributed by atoms with Crippen molar-refractivity contribution in [3.63, 3.8) is 0 Å². The quantitative estimate of drug-likeness (QED) is 0.694. The lowest BCUT2D eigenvalue weighted by Gasteiger charge is -2.24. The summed E-state index contributed by atoms with van der Waals surface area (Å²) in [5.41, 5.74) is 0. The van der Waals surface area contributed by atoms with Crippen LogP contribution in [0, 0.1) is 5.92 Å². The average Bonchev–Trinajstić information content (AvgIpc) is 2.91. The van der Waals surface area contributed by atoms with E-state index >= 15 is 0 Å². The van der Waals surface area contributed by atoms with E-state index in [4.69, 9.17) is 9.84 Å². The Morgan fingerprint density at radius 3 is 2.56 bits per heavy atom. The zero-order chi connectivity index (χ0) is 11.5. The van der Waals surface area contributed by atoms with E-state index < -0.39 is 5.97 Å². The number of amides is 1. The number of nitrogens with zero attached hydrogens (tertiary/aromatic N) is 1. The number of ether oxygens (including phenoxy) is 1. The molecule has 1 atom stereocenters. The molecule has 1 unspecified atom stereocenters. The molecule has 5 heteroatoms. The molecule has 0 aromatic heterocycles. The van der Waals surface area contributed by atoms with Gasteiger partial charge in [0.2, 0.25) is 5.91 Å². The largest absolute Gasteiger partial charge is 0.481 e. The second kappa shape index (κ2) is 4.82. The highest BCUT2D eigenvalue weighted by Crippen LogP contribution is 2.29.